The number of fused-ring (bicyclic) bond motifs is 1. The number of ether oxygens (including phenoxy) is 1. The van der Waals surface area contributed by atoms with E-state index in [1.54, 1.807) is 23.5 Å². The summed E-state index contributed by atoms with van der Waals surface area (Å²) in [6.45, 7) is 2.96. The largest absolute Gasteiger partial charge is 0.487 e. The molecule has 0 saturated carbocycles. The van der Waals surface area contributed by atoms with Crippen LogP contribution in [0.15, 0.2) is 66.2 Å². The Morgan fingerprint density at radius 2 is 2.03 bits per heavy atom. The lowest BCUT2D eigenvalue weighted by Gasteiger charge is -2.08. The fraction of sp³-hybridized carbons (Fsp3) is 0.167. The van der Waals surface area contributed by atoms with Gasteiger partial charge in [-0.15, -0.1) is 11.3 Å². The number of amides is 1. The molecule has 5 nitrogen and oxygen atoms in total. The predicted octanol–water partition coefficient (Wildman–Crippen LogP) is 4.88. The topological polar surface area (TPSA) is 67.0 Å². The zero-order valence-electron chi connectivity index (χ0n) is 16.7. The highest BCUT2D eigenvalue weighted by Crippen LogP contribution is 2.21. The van der Waals surface area contributed by atoms with Gasteiger partial charge in [-0.25, -0.2) is 4.98 Å². The van der Waals surface area contributed by atoms with Crippen molar-refractivity contribution in [2.45, 2.75) is 20.0 Å². The number of aromatic amines is 1. The van der Waals surface area contributed by atoms with Crippen LogP contribution in [0.1, 0.15) is 21.8 Å². The van der Waals surface area contributed by atoms with Crippen molar-refractivity contribution in [1.29, 1.82) is 0 Å². The maximum absolute atomic E-state index is 12.2. The summed E-state index contributed by atoms with van der Waals surface area (Å²) in [6.07, 6.45) is 6.10. The fourth-order valence-electron chi connectivity index (χ4n) is 3.26. The predicted molar refractivity (Wildman–Crippen MR) is 122 cm³/mol. The first-order valence-electron chi connectivity index (χ1n) is 9.83. The van der Waals surface area contributed by atoms with Crippen LogP contribution in [0.25, 0.3) is 17.0 Å². The molecule has 0 fully saturated rings. The Morgan fingerprint density at radius 3 is 2.90 bits per heavy atom. The van der Waals surface area contributed by atoms with E-state index in [-0.39, 0.29) is 5.91 Å². The number of benzene rings is 2. The van der Waals surface area contributed by atoms with Crippen molar-refractivity contribution in [3.8, 4) is 5.75 Å². The first kappa shape index (κ1) is 19.9. The molecular weight excluding hydrogens is 394 g/mol. The van der Waals surface area contributed by atoms with Crippen molar-refractivity contribution in [1.82, 2.24) is 15.3 Å². The zero-order chi connectivity index (χ0) is 20.8. The van der Waals surface area contributed by atoms with Gasteiger partial charge in [-0.3, -0.25) is 4.79 Å². The summed E-state index contributed by atoms with van der Waals surface area (Å²) in [4.78, 5) is 19.9. The standard InChI is InChI=1S/C24H23N3O2S/c1-17-27-20(16-30-17)15-29-23-9-5-2-6-18(23)10-11-24(28)25-13-12-19-14-26-22-8-4-3-7-21(19)22/h2-11,14,16,26H,12-13,15H2,1H3,(H,25,28)/b11-10+. The van der Waals surface area contributed by atoms with Gasteiger partial charge in [-0.2, -0.15) is 0 Å². The fourth-order valence-corrected chi connectivity index (χ4v) is 3.86. The van der Waals surface area contributed by atoms with Crippen LogP contribution in [0.4, 0.5) is 0 Å². The highest BCUT2D eigenvalue weighted by Gasteiger charge is 2.05. The lowest BCUT2D eigenvalue weighted by Crippen LogP contribution is -2.23. The Labute approximate surface area is 179 Å². The maximum atomic E-state index is 12.2. The Bertz CT molecular complexity index is 1180. The maximum Gasteiger partial charge on any atom is 0.244 e. The second-order valence-corrected chi connectivity index (χ2v) is 7.98. The molecule has 2 aromatic carbocycles. The van der Waals surface area contributed by atoms with Gasteiger partial charge in [-0.1, -0.05) is 36.4 Å². The number of carbonyl (C=O) groups excluding carboxylic acids is 1. The van der Waals surface area contributed by atoms with Crippen LogP contribution in [0.2, 0.25) is 0 Å². The number of nitrogens with zero attached hydrogens (tertiary/aromatic N) is 1. The highest BCUT2D eigenvalue weighted by molar-refractivity contribution is 7.09. The van der Waals surface area contributed by atoms with Crippen LogP contribution in [-0.4, -0.2) is 22.4 Å². The van der Waals surface area contributed by atoms with E-state index in [2.05, 4.69) is 27.4 Å². The molecule has 2 heterocycles. The van der Waals surface area contributed by atoms with Crippen molar-refractivity contribution in [2.24, 2.45) is 0 Å². The van der Waals surface area contributed by atoms with Gasteiger partial charge in [0.15, 0.2) is 0 Å². The minimum atomic E-state index is -0.125. The summed E-state index contributed by atoms with van der Waals surface area (Å²) < 4.78 is 5.90. The Hall–Kier alpha value is -3.38. The summed E-state index contributed by atoms with van der Waals surface area (Å²) in [5.74, 6) is 0.603. The summed E-state index contributed by atoms with van der Waals surface area (Å²) in [5.41, 5.74) is 4.08. The van der Waals surface area contributed by atoms with Gasteiger partial charge < -0.3 is 15.0 Å². The molecule has 0 unspecified atom stereocenters. The van der Waals surface area contributed by atoms with Crippen molar-refractivity contribution in [2.75, 3.05) is 6.54 Å². The molecule has 0 radical (unpaired) electrons. The first-order valence-corrected chi connectivity index (χ1v) is 10.7. The molecule has 2 N–H and O–H groups in total. The molecule has 4 aromatic rings. The Kier molecular flexibility index (Phi) is 6.25. The van der Waals surface area contributed by atoms with Gasteiger partial charge in [-0.05, 0) is 37.1 Å². The second-order valence-electron chi connectivity index (χ2n) is 6.92. The molecule has 1 amide bonds. The smallest absolute Gasteiger partial charge is 0.244 e. The van der Waals surface area contributed by atoms with E-state index in [1.807, 2.05) is 54.9 Å². The van der Waals surface area contributed by atoms with Crippen molar-refractivity contribution < 1.29 is 9.53 Å². The van der Waals surface area contributed by atoms with E-state index in [4.69, 9.17) is 4.74 Å². The summed E-state index contributed by atoms with van der Waals surface area (Å²) in [6, 6.07) is 15.8. The molecule has 4 rings (SSSR count). The number of H-pyrrole nitrogens is 1. The normalized spacial score (nSPS) is 11.2. The molecular formula is C24H23N3O2S. The number of hydrogen-bond acceptors (Lipinski definition) is 4. The number of hydrogen-bond donors (Lipinski definition) is 2. The average Bonchev–Trinajstić information content (AvgIpc) is 3.37. The Morgan fingerprint density at radius 1 is 1.20 bits per heavy atom. The molecule has 0 saturated heterocycles. The van der Waals surface area contributed by atoms with Crippen LogP contribution in [-0.2, 0) is 17.8 Å². The van der Waals surface area contributed by atoms with Crippen LogP contribution < -0.4 is 10.1 Å². The van der Waals surface area contributed by atoms with E-state index in [0.717, 1.165) is 34.0 Å². The quantitative estimate of drug-likeness (QED) is 0.401. The van der Waals surface area contributed by atoms with Gasteiger partial charge in [0.2, 0.25) is 5.91 Å². The molecule has 0 bridgehead atoms. The number of carbonyl (C=O) groups is 1. The molecule has 0 atom stereocenters. The SMILES string of the molecule is Cc1nc(COc2ccccc2/C=C/C(=O)NCCc2c[nH]c3ccccc23)cs1. The molecule has 0 aliphatic rings. The number of thiazole rings is 1. The lowest BCUT2D eigenvalue weighted by atomic mass is 10.1. The third-order valence-electron chi connectivity index (χ3n) is 4.74. The van der Waals surface area contributed by atoms with Gasteiger partial charge >= 0.3 is 0 Å². The van der Waals surface area contributed by atoms with E-state index in [1.165, 1.54) is 10.9 Å². The first-order chi connectivity index (χ1) is 14.7. The summed E-state index contributed by atoms with van der Waals surface area (Å²) >= 11 is 1.60. The van der Waals surface area contributed by atoms with E-state index in [0.29, 0.717) is 13.2 Å². The van der Waals surface area contributed by atoms with Crippen molar-refractivity contribution >= 4 is 34.2 Å². The number of aromatic nitrogens is 2. The average molecular weight is 418 g/mol. The number of para-hydroxylation sites is 2. The van der Waals surface area contributed by atoms with E-state index >= 15 is 0 Å². The number of rotatable bonds is 8. The molecule has 30 heavy (non-hydrogen) atoms. The highest BCUT2D eigenvalue weighted by atomic mass is 32.1. The monoisotopic (exact) mass is 417 g/mol. The molecule has 0 aliphatic carbocycles. The number of nitrogens with one attached hydrogen (secondary N) is 2. The van der Waals surface area contributed by atoms with Gasteiger partial charge in [0.1, 0.15) is 12.4 Å². The molecule has 152 valence electrons. The van der Waals surface area contributed by atoms with Gasteiger partial charge in [0, 0.05) is 40.7 Å². The van der Waals surface area contributed by atoms with Crippen LogP contribution in [0.3, 0.4) is 0 Å². The van der Waals surface area contributed by atoms with Gasteiger partial charge in [0.25, 0.3) is 0 Å². The summed E-state index contributed by atoms with van der Waals surface area (Å²) in [5, 5.41) is 7.16. The van der Waals surface area contributed by atoms with Crippen LogP contribution >= 0.6 is 11.3 Å². The van der Waals surface area contributed by atoms with Crippen molar-refractivity contribution in [3.63, 3.8) is 0 Å². The third kappa shape index (κ3) is 4.96. The number of aryl methyl sites for hydroxylation is 1. The van der Waals surface area contributed by atoms with E-state index in [9.17, 15) is 4.79 Å². The van der Waals surface area contributed by atoms with Crippen LogP contribution in [0.5, 0.6) is 5.75 Å². The molecule has 0 aliphatic heterocycles. The van der Waals surface area contributed by atoms with E-state index < -0.39 is 0 Å². The lowest BCUT2D eigenvalue weighted by molar-refractivity contribution is -0.116. The molecule has 2 aromatic heterocycles. The van der Waals surface area contributed by atoms with Gasteiger partial charge in [0.05, 0.1) is 10.7 Å². The minimum absolute atomic E-state index is 0.125. The van der Waals surface area contributed by atoms with Crippen molar-refractivity contribution in [3.05, 3.63) is 88.0 Å². The zero-order valence-corrected chi connectivity index (χ0v) is 17.5. The summed E-state index contributed by atoms with van der Waals surface area (Å²) in [7, 11) is 0. The molecule has 0 spiro atoms. The second kappa shape index (κ2) is 9.41. The minimum Gasteiger partial charge on any atom is -0.487 e. The Balaban J connectivity index is 1.31. The van der Waals surface area contributed by atoms with Crippen LogP contribution in [0, 0.1) is 6.92 Å². The molecule has 6 heteroatoms. The third-order valence-corrected chi connectivity index (χ3v) is 5.57.